The van der Waals surface area contributed by atoms with Crippen LogP contribution in [-0.4, -0.2) is 28.0 Å². The molecule has 2 fully saturated rings. The zero-order valence-electron chi connectivity index (χ0n) is 19.7. The highest BCUT2D eigenvalue weighted by molar-refractivity contribution is 6.31. The van der Waals surface area contributed by atoms with Gasteiger partial charge in [0.05, 0.1) is 21.8 Å². The summed E-state index contributed by atoms with van der Waals surface area (Å²) in [5, 5.41) is 9.58. The first-order valence-electron chi connectivity index (χ1n) is 12.0. The average molecular weight is 511 g/mol. The number of benzene rings is 2. The lowest BCUT2D eigenvalue weighted by molar-refractivity contribution is -0.138. The Morgan fingerprint density at radius 1 is 1.14 bits per heavy atom. The zero-order valence-corrected chi connectivity index (χ0v) is 20.5. The Balaban J connectivity index is 1.40. The van der Waals surface area contributed by atoms with Crippen molar-refractivity contribution in [3.63, 3.8) is 0 Å². The topological polar surface area (TPSA) is 52.8 Å². The molecule has 1 aromatic heterocycles. The summed E-state index contributed by atoms with van der Waals surface area (Å²) in [5.74, 6) is 0. The van der Waals surface area contributed by atoms with Crippen LogP contribution in [-0.2, 0) is 25.6 Å². The number of aryl methyl sites for hydroxylation is 1. The third kappa shape index (κ3) is 4.85. The molecule has 0 N–H and O–H groups in total. The molecule has 8 heteroatoms. The summed E-state index contributed by atoms with van der Waals surface area (Å²) < 4.78 is 41.5. The Kier molecular flexibility index (Phi) is 6.52. The molecule has 2 heterocycles. The zero-order chi connectivity index (χ0) is 25.4. The van der Waals surface area contributed by atoms with Gasteiger partial charge in [0.25, 0.3) is 0 Å². The van der Waals surface area contributed by atoms with Gasteiger partial charge in [0.2, 0.25) is 0 Å². The predicted molar refractivity (Wildman–Crippen MR) is 131 cm³/mol. The number of likely N-dealkylation sites (tertiary alicyclic amines) is 1. The van der Waals surface area contributed by atoms with Crippen molar-refractivity contribution in [3.05, 3.63) is 94.0 Å². The predicted octanol–water partition coefficient (Wildman–Crippen LogP) is 6.48. The number of rotatable bonds is 7. The van der Waals surface area contributed by atoms with Gasteiger partial charge in [-0.05, 0) is 78.8 Å². The molecule has 3 aromatic rings. The molecule has 1 saturated heterocycles. The van der Waals surface area contributed by atoms with E-state index in [1.54, 1.807) is 36.8 Å². The molecule has 186 valence electrons. The number of hydrogen-bond donors (Lipinski definition) is 0. The van der Waals surface area contributed by atoms with E-state index in [0.717, 1.165) is 43.6 Å². The van der Waals surface area contributed by atoms with Gasteiger partial charge < -0.3 is 0 Å². The lowest BCUT2D eigenvalue weighted by atomic mass is 9.80. The van der Waals surface area contributed by atoms with E-state index in [1.165, 1.54) is 12.1 Å². The summed E-state index contributed by atoms with van der Waals surface area (Å²) in [6.07, 6.45) is 4.42. The first-order valence-corrected chi connectivity index (χ1v) is 12.4. The number of nitrogens with zero attached hydrogens (tertiary/aromatic N) is 4. The summed E-state index contributed by atoms with van der Waals surface area (Å²) in [4.78, 5) is 10.9. The lowest BCUT2D eigenvalue weighted by Gasteiger charge is -2.25. The van der Waals surface area contributed by atoms with Gasteiger partial charge in [-0.15, -0.1) is 0 Å². The Labute approximate surface area is 213 Å². The van der Waals surface area contributed by atoms with Crippen molar-refractivity contribution in [3.8, 4) is 6.07 Å². The molecular formula is C28H26ClF3N4. The normalized spacial score (nSPS) is 23.6. The maximum Gasteiger partial charge on any atom is 0.416 e. The lowest BCUT2D eigenvalue weighted by Crippen LogP contribution is -2.25. The second-order valence-corrected chi connectivity index (χ2v) is 10.6. The van der Waals surface area contributed by atoms with E-state index in [-0.39, 0.29) is 10.8 Å². The molecule has 1 unspecified atom stereocenters. The molecule has 1 saturated carbocycles. The standard InChI is InChI=1S/C28H26ClF3N4/c29-25-13-20(5-6-22(25)15-33)7-8-26(14-21-3-1-2-4-24(21)28(30,31)32)18-27(26)9-12-36(19-27)17-23-16-34-10-11-35-23/h1-6,10-11,13,16H,7-9,12,14,17-19H2/t26?,27-/m0/s1. The molecule has 2 aliphatic rings. The second kappa shape index (κ2) is 9.49. The molecular weight excluding hydrogens is 485 g/mol. The quantitative estimate of drug-likeness (QED) is 0.365. The first kappa shape index (κ1) is 24.7. The molecule has 0 amide bonds. The fourth-order valence-electron chi connectivity index (χ4n) is 6.11. The van der Waals surface area contributed by atoms with Crippen molar-refractivity contribution >= 4 is 11.6 Å². The van der Waals surface area contributed by atoms with E-state index < -0.39 is 11.7 Å². The Morgan fingerprint density at radius 3 is 2.69 bits per heavy atom. The highest BCUT2D eigenvalue weighted by atomic mass is 35.5. The van der Waals surface area contributed by atoms with Gasteiger partial charge >= 0.3 is 6.18 Å². The van der Waals surface area contributed by atoms with Crippen molar-refractivity contribution in [1.82, 2.24) is 14.9 Å². The van der Waals surface area contributed by atoms with Crippen LogP contribution in [0.25, 0.3) is 0 Å². The smallest absolute Gasteiger partial charge is 0.297 e. The number of halogens is 4. The molecule has 4 nitrogen and oxygen atoms in total. The third-order valence-electron chi connectivity index (χ3n) is 8.01. The molecule has 1 spiro atoms. The van der Waals surface area contributed by atoms with Gasteiger partial charge in [-0.3, -0.25) is 14.9 Å². The van der Waals surface area contributed by atoms with Crippen LogP contribution in [0.3, 0.4) is 0 Å². The Morgan fingerprint density at radius 2 is 1.97 bits per heavy atom. The molecule has 2 aromatic carbocycles. The highest BCUT2D eigenvalue weighted by Gasteiger charge is 2.67. The molecule has 1 aliphatic heterocycles. The van der Waals surface area contributed by atoms with Crippen LogP contribution in [0.5, 0.6) is 0 Å². The van der Waals surface area contributed by atoms with Crippen LogP contribution in [0.1, 0.15) is 47.2 Å². The van der Waals surface area contributed by atoms with Crippen molar-refractivity contribution in [1.29, 1.82) is 5.26 Å². The largest absolute Gasteiger partial charge is 0.416 e. The molecule has 0 bridgehead atoms. The van der Waals surface area contributed by atoms with E-state index in [1.807, 2.05) is 12.1 Å². The molecule has 36 heavy (non-hydrogen) atoms. The van der Waals surface area contributed by atoms with Gasteiger partial charge in [0, 0.05) is 31.7 Å². The van der Waals surface area contributed by atoms with Gasteiger partial charge in [0.1, 0.15) is 6.07 Å². The highest BCUT2D eigenvalue weighted by Crippen LogP contribution is 2.72. The van der Waals surface area contributed by atoms with Gasteiger partial charge in [-0.25, -0.2) is 0 Å². The summed E-state index contributed by atoms with van der Waals surface area (Å²) in [6, 6.07) is 13.5. The second-order valence-electron chi connectivity index (χ2n) is 10.2. The van der Waals surface area contributed by atoms with Crippen molar-refractivity contribution in [2.45, 2.75) is 44.8 Å². The molecule has 0 radical (unpaired) electrons. The van der Waals surface area contributed by atoms with Crippen LogP contribution < -0.4 is 0 Å². The summed E-state index contributed by atoms with van der Waals surface area (Å²) >= 11 is 6.25. The van der Waals surface area contributed by atoms with Gasteiger partial charge in [-0.2, -0.15) is 18.4 Å². The molecule has 5 rings (SSSR count). The fraction of sp³-hybridized carbons (Fsp3) is 0.393. The third-order valence-corrected chi connectivity index (χ3v) is 8.32. The monoisotopic (exact) mass is 510 g/mol. The van der Waals surface area contributed by atoms with Gasteiger partial charge in [-0.1, -0.05) is 35.9 Å². The minimum Gasteiger partial charge on any atom is -0.297 e. The average Bonchev–Trinajstić information content (AvgIpc) is 3.25. The van der Waals surface area contributed by atoms with E-state index in [0.29, 0.717) is 35.5 Å². The minimum absolute atomic E-state index is 0.0235. The van der Waals surface area contributed by atoms with E-state index in [2.05, 4.69) is 20.9 Å². The summed E-state index contributed by atoms with van der Waals surface area (Å²) in [6.45, 7) is 2.42. The first-order chi connectivity index (χ1) is 17.2. The Hall–Kier alpha value is -2.95. The summed E-state index contributed by atoms with van der Waals surface area (Å²) in [5.41, 5.74) is 1.90. The molecule has 2 atom stereocenters. The maximum atomic E-state index is 13.8. The van der Waals surface area contributed by atoms with E-state index in [4.69, 9.17) is 16.9 Å². The van der Waals surface area contributed by atoms with Crippen molar-refractivity contribution in [2.75, 3.05) is 13.1 Å². The number of hydrogen-bond acceptors (Lipinski definition) is 4. The fourth-order valence-corrected chi connectivity index (χ4v) is 6.36. The van der Waals surface area contributed by atoms with E-state index >= 15 is 0 Å². The number of aromatic nitrogens is 2. The van der Waals surface area contributed by atoms with Crippen LogP contribution in [0, 0.1) is 22.2 Å². The molecule has 1 aliphatic carbocycles. The summed E-state index contributed by atoms with van der Waals surface area (Å²) in [7, 11) is 0. The van der Waals surface area contributed by atoms with Crippen LogP contribution in [0.4, 0.5) is 13.2 Å². The van der Waals surface area contributed by atoms with E-state index in [9.17, 15) is 13.2 Å². The minimum atomic E-state index is -4.38. The number of nitriles is 1. The SMILES string of the molecule is N#Cc1ccc(CCC2(Cc3ccccc3C(F)(F)F)C[C@]23CCN(Cc2cnccn2)C3)cc1Cl. The number of alkyl halides is 3. The van der Waals surface area contributed by atoms with Crippen molar-refractivity contribution < 1.29 is 13.2 Å². The Bertz CT molecular complexity index is 1290. The van der Waals surface area contributed by atoms with Crippen LogP contribution >= 0.6 is 11.6 Å². The van der Waals surface area contributed by atoms with Crippen LogP contribution in [0.2, 0.25) is 5.02 Å². The maximum absolute atomic E-state index is 13.8. The van der Waals surface area contributed by atoms with Crippen LogP contribution in [0.15, 0.2) is 61.1 Å². The van der Waals surface area contributed by atoms with Crippen molar-refractivity contribution in [2.24, 2.45) is 10.8 Å². The van der Waals surface area contributed by atoms with Gasteiger partial charge in [0.15, 0.2) is 0 Å².